The van der Waals surface area contributed by atoms with Crippen molar-refractivity contribution in [1.29, 1.82) is 0 Å². The summed E-state index contributed by atoms with van der Waals surface area (Å²) in [5.74, 6) is 0. The molecule has 0 amide bonds. The van der Waals surface area contributed by atoms with Crippen LogP contribution in [0.25, 0.3) is 22.3 Å². The van der Waals surface area contributed by atoms with Crippen LogP contribution in [0.1, 0.15) is 31.9 Å². The zero-order valence-electron chi connectivity index (χ0n) is 14.1. The van der Waals surface area contributed by atoms with Gasteiger partial charge in [0.2, 0.25) is 0 Å². The van der Waals surface area contributed by atoms with Crippen molar-refractivity contribution >= 4 is 23.3 Å². The Hall–Kier alpha value is -2.48. The van der Waals surface area contributed by atoms with Crippen molar-refractivity contribution in [3.05, 3.63) is 57.1 Å². The number of benzene rings is 1. The third-order valence-corrected chi connectivity index (χ3v) is 4.60. The van der Waals surface area contributed by atoms with Crippen molar-refractivity contribution in [3.8, 4) is 11.3 Å². The van der Waals surface area contributed by atoms with Crippen molar-refractivity contribution in [1.82, 2.24) is 14.5 Å². The van der Waals surface area contributed by atoms with Crippen LogP contribution >= 0.6 is 12.2 Å². The van der Waals surface area contributed by atoms with Gasteiger partial charge < -0.3 is 0 Å². The van der Waals surface area contributed by atoms with Crippen molar-refractivity contribution in [2.24, 2.45) is 0 Å². The average Bonchev–Trinajstić information content (AvgIpc) is 2.60. The van der Waals surface area contributed by atoms with Crippen LogP contribution in [0.5, 0.6) is 0 Å². The lowest BCUT2D eigenvalue weighted by atomic mass is 10.1. The minimum absolute atomic E-state index is 0.0539. The molecule has 3 rings (SSSR count). The molecule has 2 aromatic heterocycles. The standard InChI is InChI=1S/C18H16F3N3OS/c1-3-10(2)24-15-14(16(25)23-17(24)26)12(18(19,20)21)9-13(22-15)11-7-5-4-6-8-11/h4-10H,3H2,1-2H3,(H,23,25,26). The van der Waals surface area contributed by atoms with Crippen LogP contribution in [0, 0.1) is 4.77 Å². The van der Waals surface area contributed by atoms with Gasteiger partial charge in [0.1, 0.15) is 5.65 Å². The number of aromatic nitrogens is 3. The number of hydrogen-bond acceptors (Lipinski definition) is 3. The predicted molar refractivity (Wildman–Crippen MR) is 96.6 cm³/mol. The van der Waals surface area contributed by atoms with Gasteiger partial charge in [-0.3, -0.25) is 14.3 Å². The molecular formula is C18H16F3N3OS. The smallest absolute Gasteiger partial charge is 0.300 e. The highest BCUT2D eigenvalue weighted by Crippen LogP contribution is 2.36. The number of alkyl halides is 3. The molecule has 0 aliphatic rings. The SMILES string of the molecule is CCC(C)n1c(=S)[nH]c(=O)c2c(C(F)(F)F)cc(-c3ccccc3)nc21. The summed E-state index contributed by atoms with van der Waals surface area (Å²) in [6.45, 7) is 3.70. The van der Waals surface area contributed by atoms with Crippen LogP contribution in [-0.4, -0.2) is 14.5 Å². The molecule has 1 N–H and O–H groups in total. The molecule has 1 aromatic carbocycles. The fourth-order valence-electron chi connectivity index (χ4n) is 2.82. The highest BCUT2D eigenvalue weighted by Gasteiger charge is 2.35. The number of fused-ring (bicyclic) bond motifs is 1. The Morgan fingerprint density at radius 2 is 1.92 bits per heavy atom. The van der Waals surface area contributed by atoms with Gasteiger partial charge in [-0.15, -0.1) is 0 Å². The lowest BCUT2D eigenvalue weighted by molar-refractivity contribution is -0.136. The summed E-state index contributed by atoms with van der Waals surface area (Å²) >= 11 is 5.19. The van der Waals surface area contributed by atoms with Crippen LogP contribution in [0.2, 0.25) is 0 Å². The molecular weight excluding hydrogens is 363 g/mol. The van der Waals surface area contributed by atoms with Crippen molar-refractivity contribution in [3.63, 3.8) is 0 Å². The molecule has 2 heterocycles. The van der Waals surface area contributed by atoms with Crippen LogP contribution in [-0.2, 0) is 6.18 Å². The molecule has 3 aromatic rings. The summed E-state index contributed by atoms with van der Waals surface area (Å²) in [6, 6.07) is 9.23. The molecule has 1 unspecified atom stereocenters. The number of rotatable bonds is 3. The van der Waals surface area contributed by atoms with Crippen LogP contribution < -0.4 is 5.56 Å². The second-order valence-corrected chi connectivity index (χ2v) is 6.39. The molecule has 1 atom stereocenters. The molecule has 0 saturated heterocycles. The lowest BCUT2D eigenvalue weighted by Gasteiger charge is -2.19. The molecule has 0 fully saturated rings. The van der Waals surface area contributed by atoms with Gasteiger partial charge in [0.05, 0.1) is 16.6 Å². The highest BCUT2D eigenvalue weighted by atomic mass is 32.1. The molecule has 0 aliphatic carbocycles. The van der Waals surface area contributed by atoms with E-state index in [0.717, 1.165) is 6.07 Å². The molecule has 0 bridgehead atoms. The Balaban J connectivity index is 2.52. The fourth-order valence-corrected chi connectivity index (χ4v) is 3.18. The third kappa shape index (κ3) is 3.16. The Kier molecular flexibility index (Phi) is 4.70. The summed E-state index contributed by atoms with van der Waals surface area (Å²) < 4.78 is 42.6. The molecule has 0 spiro atoms. The number of nitrogens with one attached hydrogen (secondary N) is 1. The van der Waals surface area contributed by atoms with E-state index in [1.54, 1.807) is 30.3 Å². The number of hydrogen-bond donors (Lipinski definition) is 1. The summed E-state index contributed by atoms with van der Waals surface area (Å²) in [4.78, 5) is 19.0. The maximum atomic E-state index is 13.7. The topological polar surface area (TPSA) is 50.7 Å². The number of pyridine rings is 1. The van der Waals surface area contributed by atoms with E-state index in [4.69, 9.17) is 12.2 Å². The average molecular weight is 379 g/mol. The first-order valence-corrected chi connectivity index (χ1v) is 8.47. The van der Waals surface area contributed by atoms with Crippen molar-refractivity contribution < 1.29 is 13.2 Å². The summed E-state index contributed by atoms with van der Waals surface area (Å²) in [5.41, 5.74) is -1.29. The minimum atomic E-state index is -4.70. The number of H-pyrrole nitrogens is 1. The summed E-state index contributed by atoms with van der Waals surface area (Å²) in [6.07, 6.45) is -4.08. The Bertz CT molecular complexity index is 1070. The van der Waals surface area contributed by atoms with Crippen LogP contribution in [0.3, 0.4) is 0 Å². The second kappa shape index (κ2) is 6.68. The third-order valence-electron chi connectivity index (χ3n) is 4.30. The first-order valence-electron chi connectivity index (χ1n) is 8.06. The fraction of sp³-hybridized carbons (Fsp3) is 0.278. The lowest BCUT2D eigenvalue weighted by Crippen LogP contribution is -2.22. The van der Waals surface area contributed by atoms with E-state index in [1.165, 1.54) is 4.57 Å². The van der Waals surface area contributed by atoms with Gasteiger partial charge in [0.25, 0.3) is 5.56 Å². The van der Waals surface area contributed by atoms with Gasteiger partial charge in [-0.05, 0) is 31.6 Å². The predicted octanol–water partition coefficient (Wildman–Crippen LogP) is 5.11. The minimum Gasteiger partial charge on any atom is -0.300 e. The van der Waals surface area contributed by atoms with E-state index in [2.05, 4.69) is 9.97 Å². The van der Waals surface area contributed by atoms with Crippen molar-refractivity contribution in [2.75, 3.05) is 0 Å². The number of halogens is 3. The Labute approximate surface area is 152 Å². The second-order valence-electron chi connectivity index (χ2n) is 6.00. The van der Waals surface area contributed by atoms with Gasteiger partial charge >= 0.3 is 6.18 Å². The molecule has 8 heteroatoms. The van der Waals surface area contributed by atoms with Crippen molar-refractivity contribution in [2.45, 2.75) is 32.5 Å². The van der Waals surface area contributed by atoms with E-state index >= 15 is 0 Å². The van der Waals surface area contributed by atoms with E-state index in [1.807, 2.05) is 13.8 Å². The van der Waals surface area contributed by atoms with E-state index in [0.29, 0.717) is 12.0 Å². The molecule has 4 nitrogen and oxygen atoms in total. The van der Waals surface area contributed by atoms with E-state index < -0.39 is 22.7 Å². The molecule has 0 saturated carbocycles. The quantitative estimate of drug-likeness (QED) is 0.644. The number of nitrogens with zero attached hydrogens (tertiary/aromatic N) is 2. The maximum Gasteiger partial charge on any atom is 0.417 e. The van der Waals surface area contributed by atoms with E-state index in [9.17, 15) is 18.0 Å². The largest absolute Gasteiger partial charge is 0.417 e. The van der Waals surface area contributed by atoms with Gasteiger partial charge in [0.15, 0.2) is 4.77 Å². The Morgan fingerprint density at radius 1 is 1.27 bits per heavy atom. The molecule has 0 aliphatic heterocycles. The van der Waals surface area contributed by atoms with Gasteiger partial charge in [-0.1, -0.05) is 37.3 Å². The first-order chi connectivity index (χ1) is 12.2. The monoisotopic (exact) mass is 379 g/mol. The van der Waals surface area contributed by atoms with Gasteiger partial charge in [-0.25, -0.2) is 4.98 Å². The molecule has 26 heavy (non-hydrogen) atoms. The maximum absolute atomic E-state index is 13.7. The zero-order chi connectivity index (χ0) is 19.1. The normalized spacial score (nSPS) is 13.1. The van der Waals surface area contributed by atoms with Crippen LogP contribution in [0.4, 0.5) is 13.2 Å². The van der Waals surface area contributed by atoms with E-state index in [-0.39, 0.29) is 22.2 Å². The highest BCUT2D eigenvalue weighted by molar-refractivity contribution is 7.71. The van der Waals surface area contributed by atoms with Gasteiger partial charge in [0, 0.05) is 11.6 Å². The van der Waals surface area contributed by atoms with Gasteiger partial charge in [-0.2, -0.15) is 13.2 Å². The van der Waals surface area contributed by atoms with Crippen LogP contribution in [0.15, 0.2) is 41.2 Å². The summed E-state index contributed by atoms with van der Waals surface area (Å²) in [7, 11) is 0. The zero-order valence-corrected chi connectivity index (χ0v) is 14.9. The first kappa shape index (κ1) is 18.3. The summed E-state index contributed by atoms with van der Waals surface area (Å²) in [5, 5.41) is -0.494. The molecule has 136 valence electrons. The number of aromatic amines is 1. The Morgan fingerprint density at radius 3 is 2.50 bits per heavy atom. The molecule has 0 radical (unpaired) electrons.